The summed E-state index contributed by atoms with van der Waals surface area (Å²) in [5, 5.41) is 6.24. The molecule has 2 heterocycles. The maximum atomic E-state index is 11.5. The quantitative estimate of drug-likeness (QED) is 0.819. The van der Waals surface area contributed by atoms with Crippen LogP contribution in [0, 0.1) is 0 Å². The van der Waals surface area contributed by atoms with Crippen LogP contribution in [-0.4, -0.2) is 43.1 Å². The summed E-state index contributed by atoms with van der Waals surface area (Å²) in [6.45, 7) is 5.31. The van der Waals surface area contributed by atoms with Crippen LogP contribution < -0.4 is 15.5 Å². The minimum Gasteiger partial charge on any atom is -0.371 e. The van der Waals surface area contributed by atoms with Crippen LogP contribution in [0.2, 0.25) is 0 Å². The average molecular weight is 276 g/mol. The van der Waals surface area contributed by atoms with E-state index in [1.54, 1.807) is 0 Å². The first-order chi connectivity index (χ1) is 9.79. The van der Waals surface area contributed by atoms with Crippen molar-refractivity contribution in [2.24, 2.45) is 0 Å². The highest BCUT2D eigenvalue weighted by atomic mass is 16.1. The second-order valence-electron chi connectivity index (χ2n) is 5.20. The van der Waals surface area contributed by atoms with Crippen LogP contribution in [-0.2, 0) is 4.79 Å². The fourth-order valence-electron chi connectivity index (χ4n) is 2.46. The molecule has 1 aliphatic rings. The van der Waals surface area contributed by atoms with E-state index in [4.69, 9.17) is 0 Å². The molecule has 1 amide bonds. The van der Waals surface area contributed by atoms with Crippen LogP contribution in [0.4, 0.5) is 5.69 Å². The molecule has 0 spiro atoms. The maximum absolute atomic E-state index is 11.5. The molecule has 20 heavy (non-hydrogen) atoms. The van der Waals surface area contributed by atoms with Crippen molar-refractivity contribution in [3.8, 4) is 0 Å². The second kappa shape index (κ2) is 7.85. The Morgan fingerprint density at radius 1 is 1.35 bits per heavy atom. The van der Waals surface area contributed by atoms with Gasteiger partial charge in [0, 0.05) is 43.8 Å². The lowest BCUT2D eigenvalue weighted by Crippen LogP contribution is -2.45. The van der Waals surface area contributed by atoms with E-state index in [0.29, 0.717) is 12.6 Å². The van der Waals surface area contributed by atoms with Crippen molar-refractivity contribution < 1.29 is 4.79 Å². The first-order valence-electron chi connectivity index (χ1n) is 7.44. The fraction of sp³-hybridized carbons (Fsp3) is 0.600. The largest absolute Gasteiger partial charge is 0.371 e. The van der Waals surface area contributed by atoms with Crippen LogP contribution in [0.1, 0.15) is 26.2 Å². The number of nitrogens with one attached hydrogen (secondary N) is 2. The third-order valence-electron chi connectivity index (χ3n) is 3.65. The summed E-state index contributed by atoms with van der Waals surface area (Å²) in [4.78, 5) is 18.0. The van der Waals surface area contributed by atoms with Crippen molar-refractivity contribution in [2.75, 3.05) is 31.1 Å². The molecule has 1 aromatic rings. The van der Waals surface area contributed by atoms with E-state index in [9.17, 15) is 4.79 Å². The number of piperidine rings is 1. The molecule has 0 unspecified atom stereocenters. The van der Waals surface area contributed by atoms with Crippen molar-refractivity contribution in [1.82, 2.24) is 15.6 Å². The molecule has 0 bridgehead atoms. The van der Waals surface area contributed by atoms with Gasteiger partial charge in [0.05, 0.1) is 6.54 Å². The van der Waals surface area contributed by atoms with E-state index in [2.05, 4.69) is 27.4 Å². The Balaban J connectivity index is 1.68. The zero-order valence-electron chi connectivity index (χ0n) is 12.1. The smallest absolute Gasteiger partial charge is 0.233 e. The first kappa shape index (κ1) is 14.8. The molecule has 1 aliphatic heterocycles. The minimum atomic E-state index is 0.100. The Bertz CT molecular complexity index is 402. The van der Waals surface area contributed by atoms with E-state index in [1.165, 1.54) is 5.69 Å². The molecule has 0 aliphatic carbocycles. The third kappa shape index (κ3) is 4.49. The Hall–Kier alpha value is -1.62. The molecule has 0 radical (unpaired) electrons. The lowest BCUT2D eigenvalue weighted by molar-refractivity contribution is -0.120. The maximum Gasteiger partial charge on any atom is 0.233 e. The number of pyridine rings is 1. The second-order valence-corrected chi connectivity index (χ2v) is 5.20. The number of amides is 1. The summed E-state index contributed by atoms with van der Waals surface area (Å²) >= 11 is 0. The highest BCUT2D eigenvalue weighted by Gasteiger charge is 2.19. The number of anilines is 1. The third-order valence-corrected chi connectivity index (χ3v) is 3.65. The summed E-state index contributed by atoms with van der Waals surface area (Å²) in [6.07, 6.45) is 6.79. The lowest BCUT2D eigenvalue weighted by atomic mass is 10.0. The van der Waals surface area contributed by atoms with Gasteiger partial charge in [-0.3, -0.25) is 9.78 Å². The Morgan fingerprint density at radius 2 is 2.05 bits per heavy atom. The zero-order chi connectivity index (χ0) is 14.2. The molecule has 2 rings (SSSR count). The summed E-state index contributed by atoms with van der Waals surface area (Å²) in [5.41, 5.74) is 1.24. The number of nitrogens with zero attached hydrogens (tertiary/aromatic N) is 2. The van der Waals surface area contributed by atoms with Crippen LogP contribution in [0.25, 0.3) is 0 Å². The number of rotatable bonds is 6. The fourth-order valence-corrected chi connectivity index (χ4v) is 2.46. The topological polar surface area (TPSA) is 57.3 Å². The summed E-state index contributed by atoms with van der Waals surface area (Å²) < 4.78 is 0. The van der Waals surface area contributed by atoms with Crippen molar-refractivity contribution in [2.45, 2.75) is 32.2 Å². The summed E-state index contributed by atoms with van der Waals surface area (Å²) in [5.74, 6) is 0.100. The van der Waals surface area contributed by atoms with Crippen LogP contribution in [0.5, 0.6) is 0 Å². The molecule has 1 aromatic heterocycles. The van der Waals surface area contributed by atoms with Gasteiger partial charge in [-0.1, -0.05) is 6.92 Å². The normalized spacial score (nSPS) is 16.1. The van der Waals surface area contributed by atoms with Crippen molar-refractivity contribution in [3.05, 3.63) is 24.5 Å². The molecule has 0 aromatic carbocycles. The van der Waals surface area contributed by atoms with Crippen molar-refractivity contribution in [3.63, 3.8) is 0 Å². The summed E-state index contributed by atoms with van der Waals surface area (Å²) in [7, 11) is 0. The van der Waals surface area contributed by atoms with Gasteiger partial charge in [0.1, 0.15) is 0 Å². The molecule has 0 saturated carbocycles. The van der Waals surface area contributed by atoms with Gasteiger partial charge in [-0.25, -0.2) is 0 Å². The Labute approximate surface area is 120 Å². The van der Waals surface area contributed by atoms with E-state index in [0.717, 1.165) is 38.9 Å². The van der Waals surface area contributed by atoms with E-state index in [-0.39, 0.29) is 5.91 Å². The van der Waals surface area contributed by atoms with Gasteiger partial charge in [0.25, 0.3) is 0 Å². The number of carbonyl (C=O) groups is 1. The zero-order valence-corrected chi connectivity index (χ0v) is 12.1. The van der Waals surface area contributed by atoms with E-state index < -0.39 is 0 Å². The molecule has 0 atom stereocenters. The van der Waals surface area contributed by atoms with Gasteiger partial charge in [-0.2, -0.15) is 0 Å². The highest BCUT2D eigenvalue weighted by Crippen LogP contribution is 2.18. The van der Waals surface area contributed by atoms with Crippen molar-refractivity contribution in [1.29, 1.82) is 0 Å². The molecule has 5 heteroatoms. The Kier molecular flexibility index (Phi) is 5.80. The lowest BCUT2D eigenvalue weighted by Gasteiger charge is -2.33. The van der Waals surface area contributed by atoms with Gasteiger partial charge < -0.3 is 15.5 Å². The standard InChI is InChI=1S/C15H24N4O/c1-2-7-17-15(20)12-18-13-5-10-19(11-6-13)14-3-8-16-9-4-14/h3-4,8-9,13,18H,2,5-7,10-12H2,1H3,(H,17,20). The molecular weight excluding hydrogens is 252 g/mol. The van der Waals surface area contributed by atoms with Gasteiger partial charge in [-0.15, -0.1) is 0 Å². The van der Waals surface area contributed by atoms with E-state index in [1.807, 2.05) is 24.5 Å². The molecular formula is C15H24N4O. The number of hydrogen-bond acceptors (Lipinski definition) is 4. The highest BCUT2D eigenvalue weighted by molar-refractivity contribution is 5.77. The van der Waals surface area contributed by atoms with Crippen molar-refractivity contribution >= 4 is 11.6 Å². The van der Waals surface area contributed by atoms with Gasteiger partial charge in [0.2, 0.25) is 5.91 Å². The average Bonchev–Trinajstić information content (AvgIpc) is 2.52. The molecule has 110 valence electrons. The molecule has 5 nitrogen and oxygen atoms in total. The number of carbonyl (C=O) groups excluding carboxylic acids is 1. The number of aromatic nitrogens is 1. The van der Waals surface area contributed by atoms with Crippen LogP contribution >= 0.6 is 0 Å². The van der Waals surface area contributed by atoms with Gasteiger partial charge in [0.15, 0.2) is 0 Å². The first-order valence-corrected chi connectivity index (χ1v) is 7.44. The van der Waals surface area contributed by atoms with E-state index >= 15 is 0 Å². The van der Waals surface area contributed by atoms with Crippen LogP contribution in [0.15, 0.2) is 24.5 Å². The minimum absolute atomic E-state index is 0.100. The van der Waals surface area contributed by atoms with Crippen LogP contribution in [0.3, 0.4) is 0 Å². The van der Waals surface area contributed by atoms with Gasteiger partial charge >= 0.3 is 0 Å². The summed E-state index contributed by atoms with van der Waals surface area (Å²) in [6, 6.07) is 4.54. The number of hydrogen-bond donors (Lipinski definition) is 2. The molecule has 1 saturated heterocycles. The molecule has 2 N–H and O–H groups in total. The molecule has 1 fully saturated rings. The SMILES string of the molecule is CCCNC(=O)CNC1CCN(c2ccncc2)CC1. The predicted molar refractivity (Wildman–Crippen MR) is 80.8 cm³/mol. The Morgan fingerprint density at radius 3 is 2.70 bits per heavy atom. The van der Waals surface area contributed by atoms with Gasteiger partial charge in [-0.05, 0) is 31.4 Å². The monoisotopic (exact) mass is 276 g/mol. The predicted octanol–water partition coefficient (Wildman–Crippen LogP) is 1.17.